The van der Waals surface area contributed by atoms with Crippen molar-refractivity contribution in [2.45, 2.75) is 6.92 Å². The van der Waals surface area contributed by atoms with Crippen LogP contribution in [0.25, 0.3) is 0 Å². The molecule has 0 aromatic carbocycles. The summed E-state index contributed by atoms with van der Waals surface area (Å²) < 4.78 is 6.84. The summed E-state index contributed by atoms with van der Waals surface area (Å²) in [6, 6.07) is 1.49. The molecule has 3 N–H and O–H groups in total. The number of aryl methyl sites for hydroxylation is 1. The highest BCUT2D eigenvalue weighted by Gasteiger charge is 2.15. The van der Waals surface area contributed by atoms with Crippen molar-refractivity contribution in [3.05, 3.63) is 18.0 Å². The summed E-state index contributed by atoms with van der Waals surface area (Å²) in [7, 11) is 1.81. The number of ether oxygens (including phenoxy) is 1. The number of nitrogens with two attached hydrogens (primary N) is 1. The molecule has 14 heavy (non-hydrogen) atoms. The molecule has 76 valence electrons. The summed E-state index contributed by atoms with van der Waals surface area (Å²) in [5.74, 6) is -0.286. The lowest BCUT2D eigenvalue weighted by atomic mass is 10.3. The minimum Gasteiger partial charge on any atom is -0.504 e. The molecule has 1 heterocycles. The highest BCUT2D eigenvalue weighted by Crippen LogP contribution is 2.26. The van der Waals surface area contributed by atoms with Crippen molar-refractivity contribution < 1.29 is 19.2 Å². The van der Waals surface area contributed by atoms with Gasteiger partial charge in [-0.15, -0.1) is 0 Å². The Morgan fingerprint density at radius 3 is 2.93 bits per heavy atom. The molecule has 1 aromatic rings. The van der Waals surface area contributed by atoms with E-state index in [2.05, 4.69) is 0 Å². The third-order valence-electron chi connectivity index (χ3n) is 1.91. The van der Waals surface area contributed by atoms with Crippen LogP contribution in [0.2, 0.25) is 0 Å². The van der Waals surface area contributed by atoms with Gasteiger partial charge in [-0.1, -0.05) is 0 Å². The first kappa shape index (κ1) is 10.3. The van der Waals surface area contributed by atoms with Gasteiger partial charge in [0.1, 0.15) is 7.05 Å². The topological polar surface area (TPSA) is 76.4 Å². The Morgan fingerprint density at radius 2 is 2.36 bits per heavy atom. The first-order valence-corrected chi connectivity index (χ1v) is 4.11. The molecular formula is C9H13N2O3+. The molecule has 1 aromatic heterocycles. The van der Waals surface area contributed by atoms with Gasteiger partial charge in [0.2, 0.25) is 11.4 Å². The Labute approximate surface area is 81.7 Å². The highest BCUT2D eigenvalue weighted by atomic mass is 16.5. The number of rotatable bonds is 3. The monoisotopic (exact) mass is 197 g/mol. The maximum absolute atomic E-state index is 10.5. The predicted octanol–water partition coefficient (Wildman–Crippen LogP) is -0.611. The maximum atomic E-state index is 10.5. The molecule has 1 amide bonds. The number of aromatic hydroxyl groups is 1. The normalized spacial score (nSPS) is 9.86. The van der Waals surface area contributed by atoms with Gasteiger partial charge < -0.3 is 15.6 Å². The average molecular weight is 197 g/mol. The zero-order valence-corrected chi connectivity index (χ0v) is 8.15. The molecule has 0 bridgehead atoms. The Kier molecular flexibility index (Phi) is 2.91. The van der Waals surface area contributed by atoms with Crippen LogP contribution in [0.3, 0.4) is 0 Å². The maximum Gasteiger partial charge on any atom is 0.255 e. The van der Waals surface area contributed by atoms with Crippen molar-refractivity contribution >= 4 is 5.91 Å². The second-order valence-electron chi connectivity index (χ2n) is 2.98. The van der Waals surface area contributed by atoms with Crippen LogP contribution in [0.4, 0.5) is 0 Å². The van der Waals surface area contributed by atoms with E-state index in [9.17, 15) is 9.90 Å². The Balaban J connectivity index is 2.95. The SMILES string of the molecule is Cc1c(OCC(N)=O)c(O)cc[n+]1C. The fraction of sp³-hybridized carbons (Fsp3) is 0.333. The van der Waals surface area contributed by atoms with Crippen molar-refractivity contribution in [3.63, 3.8) is 0 Å². The van der Waals surface area contributed by atoms with E-state index in [-0.39, 0.29) is 18.1 Å². The van der Waals surface area contributed by atoms with E-state index in [1.54, 1.807) is 17.7 Å². The smallest absolute Gasteiger partial charge is 0.255 e. The van der Waals surface area contributed by atoms with Gasteiger partial charge in [-0.2, -0.15) is 0 Å². The van der Waals surface area contributed by atoms with Gasteiger partial charge in [0.25, 0.3) is 5.91 Å². The fourth-order valence-electron chi connectivity index (χ4n) is 1.04. The zero-order valence-electron chi connectivity index (χ0n) is 8.15. The molecule has 0 saturated heterocycles. The standard InChI is InChI=1S/C9H12N2O3/c1-6-9(14-5-8(10)13)7(12)3-4-11(6)2/h3-4H,5H2,1-2H3,(H2,10,13)/p+1. The molecule has 0 spiro atoms. The molecule has 0 saturated carbocycles. The van der Waals surface area contributed by atoms with Gasteiger partial charge in [0.05, 0.1) is 0 Å². The minimum atomic E-state index is -0.574. The van der Waals surface area contributed by atoms with Crippen LogP contribution in [0.15, 0.2) is 12.3 Å². The van der Waals surface area contributed by atoms with Gasteiger partial charge in [0.15, 0.2) is 18.6 Å². The molecule has 5 nitrogen and oxygen atoms in total. The van der Waals surface area contributed by atoms with Gasteiger partial charge in [0, 0.05) is 13.0 Å². The lowest BCUT2D eigenvalue weighted by Gasteiger charge is -2.06. The molecule has 0 aliphatic heterocycles. The number of pyridine rings is 1. The van der Waals surface area contributed by atoms with E-state index in [4.69, 9.17) is 10.5 Å². The van der Waals surface area contributed by atoms with Crippen molar-refractivity contribution in [1.82, 2.24) is 0 Å². The summed E-state index contributed by atoms with van der Waals surface area (Å²) in [6.07, 6.45) is 1.70. The average Bonchev–Trinajstić information content (AvgIpc) is 2.11. The van der Waals surface area contributed by atoms with Crippen LogP contribution < -0.4 is 15.0 Å². The van der Waals surface area contributed by atoms with Crippen molar-refractivity contribution in [3.8, 4) is 11.5 Å². The predicted molar refractivity (Wildman–Crippen MR) is 48.7 cm³/mol. The molecular weight excluding hydrogens is 184 g/mol. The third kappa shape index (κ3) is 2.12. The molecule has 0 fully saturated rings. The number of nitrogens with zero attached hydrogens (tertiary/aromatic N) is 1. The van der Waals surface area contributed by atoms with Crippen molar-refractivity contribution in [2.75, 3.05) is 6.61 Å². The summed E-state index contributed by atoms with van der Waals surface area (Å²) in [6.45, 7) is 1.54. The van der Waals surface area contributed by atoms with E-state index in [1.165, 1.54) is 6.07 Å². The molecule has 0 unspecified atom stereocenters. The number of hydrogen-bond donors (Lipinski definition) is 2. The molecule has 1 rings (SSSR count). The van der Waals surface area contributed by atoms with Crippen LogP contribution in [-0.2, 0) is 11.8 Å². The summed E-state index contributed by atoms with van der Waals surface area (Å²) in [4.78, 5) is 10.5. The molecule has 0 radical (unpaired) electrons. The zero-order chi connectivity index (χ0) is 10.7. The van der Waals surface area contributed by atoms with E-state index in [0.29, 0.717) is 0 Å². The number of primary amides is 1. The molecule has 0 atom stereocenters. The van der Waals surface area contributed by atoms with Gasteiger partial charge >= 0.3 is 0 Å². The number of aromatic nitrogens is 1. The van der Waals surface area contributed by atoms with Crippen molar-refractivity contribution in [1.29, 1.82) is 0 Å². The number of carbonyl (C=O) groups excluding carboxylic acids is 1. The number of hydrogen-bond acceptors (Lipinski definition) is 3. The lowest BCUT2D eigenvalue weighted by Crippen LogP contribution is -2.32. The Bertz CT molecular complexity index is 363. The summed E-state index contributed by atoms with van der Waals surface area (Å²) in [5, 5.41) is 9.44. The van der Waals surface area contributed by atoms with Crippen LogP contribution in [0.5, 0.6) is 11.5 Å². The van der Waals surface area contributed by atoms with Crippen molar-refractivity contribution in [2.24, 2.45) is 12.8 Å². The summed E-state index contributed by atoms with van der Waals surface area (Å²) in [5.41, 5.74) is 5.65. The second kappa shape index (κ2) is 3.95. The molecule has 5 heteroatoms. The minimum absolute atomic E-state index is 0.00171. The fourth-order valence-corrected chi connectivity index (χ4v) is 1.04. The van der Waals surface area contributed by atoms with E-state index in [0.717, 1.165) is 5.69 Å². The largest absolute Gasteiger partial charge is 0.504 e. The van der Waals surface area contributed by atoms with E-state index >= 15 is 0 Å². The van der Waals surface area contributed by atoms with Gasteiger partial charge in [-0.05, 0) is 0 Å². The first-order chi connectivity index (χ1) is 6.52. The first-order valence-electron chi connectivity index (χ1n) is 4.11. The van der Waals surface area contributed by atoms with Gasteiger partial charge in [-0.3, -0.25) is 4.79 Å². The van der Waals surface area contributed by atoms with Crippen LogP contribution in [0, 0.1) is 6.92 Å². The van der Waals surface area contributed by atoms with E-state index < -0.39 is 5.91 Å². The van der Waals surface area contributed by atoms with Crippen LogP contribution in [0.1, 0.15) is 5.69 Å². The highest BCUT2D eigenvalue weighted by molar-refractivity contribution is 5.75. The molecule has 0 aliphatic carbocycles. The van der Waals surface area contributed by atoms with Crippen LogP contribution >= 0.6 is 0 Å². The molecule has 0 aliphatic rings. The third-order valence-corrected chi connectivity index (χ3v) is 1.91. The Morgan fingerprint density at radius 1 is 1.71 bits per heavy atom. The number of amides is 1. The quantitative estimate of drug-likeness (QED) is 0.634. The van der Waals surface area contributed by atoms with Crippen LogP contribution in [-0.4, -0.2) is 17.6 Å². The lowest BCUT2D eigenvalue weighted by molar-refractivity contribution is -0.678. The summed E-state index contributed by atoms with van der Waals surface area (Å²) >= 11 is 0. The van der Waals surface area contributed by atoms with E-state index in [1.807, 2.05) is 7.05 Å². The van der Waals surface area contributed by atoms with Gasteiger partial charge in [-0.25, -0.2) is 4.57 Å². The number of carbonyl (C=O) groups is 1. The Hall–Kier alpha value is -1.78. The second-order valence-corrected chi connectivity index (χ2v) is 2.98.